The molecule has 1 aliphatic carbocycles. The molecular formula is C16H25NS. The van der Waals surface area contributed by atoms with Crippen molar-refractivity contribution in [2.75, 3.05) is 12.8 Å². The summed E-state index contributed by atoms with van der Waals surface area (Å²) in [6.07, 6.45) is 7.48. The Morgan fingerprint density at radius 3 is 2.67 bits per heavy atom. The molecule has 1 aromatic rings. The van der Waals surface area contributed by atoms with Gasteiger partial charge < -0.3 is 5.32 Å². The Balaban J connectivity index is 1.96. The molecule has 1 saturated carbocycles. The Kier molecular flexibility index (Phi) is 5.58. The molecule has 1 nitrogen and oxygen atoms in total. The summed E-state index contributed by atoms with van der Waals surface area (Å²) in [4.78, 5) is 0. The van der Waals surface area contributed by atoms with Crippen molar-refractivity contribution in [2.45, 2.75) is 49.8 Å². The highest BCUT2D eigenvalue weighted by Gasteiger charge is 2.30. The van der Waals surface area contributed by atoms with Crippen molar-refractivity contribution in [1.29, 1.82) is 0 Å². The fourth-order valence-corrected chi connectivity index (χ4v) is 3.97. The van der Waals surface area contributed by atoms with Gasteiger partial charge in [0, 0.05) is 11.3 Å². The third-order valence-corrected chi connectivity index (χ3v) is 5.15. The summed E-state index contributed by atoms with van der Waals surface area (Å²) in [7, 11) is 0. The maximum atomic E-state index is 3.72. The van der Waals surface area contributed by atoms with Crippen molar-refractivity contribution in [3.63, 3.8) is 0 Å². The molecule has 1 fully saturated rings. The molecule has 0 aliphatic heterocycles. The minimum absolute atomic E-state index is 0.722. The molecule has 0 bridgehead atoms. The Labute approximate surface area is 116 Å². The number of rotatable bonds is 5. The Hall–Kier alpha value is -0.470. The standard InChI is InChI=1S/C16H25NS/c1-3-11-17-15-10-9-14(12-16(15)18-2)13-7-5-4-6-8-13/h4-8,14-17H,3,9-12H2,1-2H3. The highest BCUT2D eigenvalue weighted by atomic mass is 32.2. The molecule has 18 heavy (non-hydrogen) atoms. The van der Waals surface area contributed by atoms with Crippen molar-refractivity contribution in [3.05, 3.63) is 35.9 Å². The van der Waals surface area contributed by atoms with Crippen LogP contribution in [0.2, 0.25) is 0 Å². The first-order valence-electron chi connectivity index (χ1n) is 7.16. The molecule has 0 radical (unpaired) electrons. The minimum atomic E-state index is 0.722. The van der Waals surface area contributed by atoms with E-state index in [0.29, 0.717) is 0 Å². The number of hydrogen-bond acceptors (Lipinski definition) is 2. The monoisotopic (exact) mass is 263 g/mol. The van der Waals surface area contributed by atoms with E-state index in [1.807, 2.05) is 11.8 Å². The number of nitrogens with one attached hydrogen (secondary N) is 1. The van der Waals surface area contributed by atoms with Gasteiger partial charge in [-0.25, -0.2) is 0 Å². The lowest BCUT2D eigenvalue weighted by atomic mass is 9.81. The second-order valence-electron chi connectivity index (χ2n) is 5.26. The van der Waals surface area contributed by atoms with Crippen molar-refractivity contribution in [3.8, 4) is 0 Å². The van der Waals surface area contributed by atoms with Gasteiger partial charge in [-0.3, -0.25) is 0 Å². The van der Waals surface area contributed by atoms with E-state index in [4.69, 9.17) is 0 Å². The molecule has 3 atom stereocenters. The minimum Gasteiger partial charge on any atom is -0.313 e. The van der Waals surface area contributed by atoms with Crippen LogP contribution in [-0.2, 0) is 0 Å². The Bertz CT molecular complexity index is 338. The number of thioether (sulfide) groups is 1. The van der Waals surface area contributed by atoms with E-state index in [1.165, 1.54) is 31.2 Å². The van der Waals surface area contributed by atoms with E-state index in [1.54, 1.807) is 0 Å². The van der Waals surface area contributed by atoms with Gasteiger partial charge in [-0.05, 0) is 50.0 Å². The van der Waals surface area contributed by atoms with Crippen LogP contribution in [0, 0.1) is 0 Å². The maximum absolute atomic E-state index is 3.72. The maximum Gasteiger partial charge on any atom is 0.0204 e. The molecule has 1 aliphatic rings. The first-order valence-corrected chi connectivity index (χ1v) is 8.45. The molecule has 100 valence electrons. The zero-order chi connectivity index (χ0) is 12.8. The van der Waals surface area contributed by atoms with Gasteiger partial charge in [-0.2, -0.15) is 11.8 Å². The lowest BCUT2D eigenvalue weighted by molar-refractivity contribution is 0.354. The van der Waals surface area contributed by atoms with Gasteiger partial charge in [-0.15, -0.1) is 0 Å². The second-order valence-corrected chi connectivity index (χ2v) is 6.33. The fraction of sp³-hybridized carbons (Fsp3) is 0.625. The van der Waals surface area contributed by atoms with Crippen LogP contribution < -0.4 is 5.32 Å². The van der Waals surface area contributed by atoms with Gasteiger partial charge in [0.05, 0.1) is 0 Å². The average molecular weight is 263 g/mol. The summed E-state index contributed by atoms with van der Waals surface area (Å²) in [5.74, 6) is 0.767. The molecule has 2 heteroatoms. The zero-order valence-corrected chi connectivity index (χ0v) is 12.4. The van der Waals surface area contributed by atoms with Gasteiger partial charge in [0.15, 0.2) is 0 Å². The predicted molar refractivity (Wildman–Crippen MR) is 82.4 cm³/mol. The van der Waals surface area contributed by atoms with Crippen molar-refractivity contribution >= 4 is 11.8 Å². The third kappa shape index (κ3) is 3.52. The van der Waals surface area contributed by atoms with Crippen molar-refractivity contribution in [1.82, 2.24) is 5.32 Å². The van der Waals surface area contributed by atoms with Crippen LogP contribution in [0.5, 0.6) is 0 Å². The smallest absolute Gasteiger partial charge is 0.0204 e. The van der Waals surface area contributed by atoms with E-state index >= 15 is 0 Å². The van der Waals surface area contributed by atoms with E-state index in [2.05, 4.69) is 48.8 Å². The third-order valence-electron chi connectivity index (χ3n) is 4.02. The van der Waals surface area contributed by atoms with Crippen molar-refractivity contribution < 1.29 is 0 Å². The van der Waals surface area contributed by atoms with Crippen LogP contribution >= 0.6 is 11.8 Å². The van der Waals surface area contributed by atoms with Gasteiger partial charge in [-0.1, -0.05) is 37.3 Å². The highest BCUT2D eigenvalue weighted by molar-refractivity contribution is 7.99. The van der Waals surface area contributed by atoms with Crippen LogP contribution in [0.15, 0.2) is 30.3 Å². The van der Waals surface area contributed by atoms with E-state index in [-0.39, 0.29) is 0 Å². The fourth-order valence-electron chi connectivity index (χ4n) is 2.98. The molecule has 0 saturated heterocycles. The van der Waals surface area contributed by atoms with Crippen LogP contribution in [0.3, 0.4) is 0 Å². The van der Waals surface area contributed by atoms with Gasteiger partial charge >= 0.3 is 0 Å². The summed E-state index contributed by atoms with van der Waals surface area (Å²) >= 11 is 2.04. The quantitative estimate of drug-likeness (QED) is 0.860. The summed E-state index contributed by atoms with van der Waals surface area (Å²) in [6, 6.07) is 11.8. The van der Waals surface area contributed by atoms with Crippen LogP contribution in [0.25, 0.3) is 0 Å². The molecule has 1 N–H and O–H groups in total. The molecule has 0 heterocycles. The molecule has 3 unspecified atom stereocenters. The summed E-state index contributed by atoms with van der Waals surface area (Å²) in [5.41, 5.74) is 1.53. The highest BCUT2D eigenvalue weighted by Crippen LogP contribution is 2.37. The van der Waals surface area contributed by atoms with E-state index < -0.39 is 0 Å². The SMILES string of the molecule is CCCNC1CCC(c2ccccc2)CC1SC. The predicted octanol–water partition coefficient (Wildman–Crippen LogP) is 4.05. The Morgan fingerprint density at radius 2 is 2.00 bits per heavy atom. The summed E-state index contributed by atoms with van der Waals surface area (Å²) < 4.78 is 0. The lowest BCUT2D eigenvalue weighted by Crippen LogP contribution is -2.42. The molecule has 2 rings (SSSR count). The first-order chi connectivity index (χ1) is 8.85. The molecule has 0 aromatic heterocycles. The van der Waals surface area contributed by atoms with Crippen LogP contribution in [0.4, 0.5) is 0 Å². The topological polar surface area (TPSA) is 12.0 Å². The van der Waals surface area contributed by atoms with E-state index in [9.17, 15) is 0 Å². The molecular weight excluding hydrogens is 238 g/mol. The second kappa shape index (κ2) is 7.20. The lowest BCUT2D eigenvalue weighted by Gasteiger charge is -2.36. The molecule has 0 amide bonds. The van der Waals surface area contributed by atoms with Crippen LogP contribution in [0.1, 0.15) is 44.1 Å². The molecule has 0 spiro atoms. The van der Waals surface area contributed by atoms with E-state index in [0.717, 1.165) is 23.8 Å². The van der Waals surface area contributed by atoms with Crippen LogP contribution in [-0.4, -0.2) is 24.1 Å². The Morgan fingerprint density at radius 1 is 1.22 bits per heavy atom. The van der Waals surface area contributed by atoms with Gasteiger partial charge in [0.2, 0.25) is 0 Å². The summed E-state index contributed by atoms with van der Waals surface area (Å²) in [5, 5.41) is 4.50. The van der Waals surface area contributed by atoms with Gasteiger partial charge in [0.25, 0.3) is 0 Å². The first kappa shape index (κ1) is 14.0. The molecule has 1 aromatic carbocycles. The normalized spacial score (nSPS) is 28.2. The largest absolute Gasteiger partial charge is 0.313 e. The van der Waals surface area contributed by atoms with Crippen molar-refractivity contribution in [2.24, 2.45) is 0 Å². The van der Waals surface area contributed by atoms with Gasteiger partial charge in [0.1, 0.15) is 0 Å². The summed E-state index contributed by atoms with van der Waals surface area (Å²) in [6.45, 7) is 3.41. The average Bonchev–Trinajstić information content (AvgIpc) is 2.46. The number of hydrogen-bond donors (Lipinski definition) is 1. The number of benzene rings is 1. The zero-order valence-electron chi connectivity index (χ0n) is 11.6.